The summed E-state index contributed by atoms with van der Waals surface area (Å²) in [5, 5.41) is 4.12. The molecule has 0 spiro atoms. The van der Waals surface area contributed by atoms with Gasteiger partial charge in [-0.25, -0.2) is 0 Å². The Balaban J connectivity index is 1.45. The van der Waals surface area contributed by atoms with Gasteiger partial charge < -0.3 is 10.1 Å². The Morgan fingerprint density at radius 2 is 1.72 bits per heavy atom. The van der Waals surface area contributed by atoms with Crippen molar-refractivity contribution >= 4 is 57.3 Å². The Labute approximate surface area is 188 Å². The van der Waals surface area contributed by atoms with Gasteiger partial charge in [0.2, 0.25) is 5.91 Å². The highest BCUT2D eigenvalue weighted by Gasteiger charge is 2.36. The van der Waals surface area contributed by atoms with Crippen molar-refractivity contribution < 1.29 is 23.9 Å². The molecule has 1 aliphatic heterocycles. The number of rotatable bonds is 5. The summed E-state index contributed by atoms with van der Waals surface area (Å²) in [6, 6.07) is 19.7. The van der Waals surface area contributed by atoms with E-state index in [2.05, 4.69) is 5.32 Å². The van der Waals surface area contributed by atoms with E-state index in [9.17, 15) is 19.2 Å². The summed E-state index contributed by atoms with van der Waals surface area (Å²) in [5.41, 5.74) is 1.27. The molecular weight excluding hydrogens is 428 g/mol. The number of imide groups is 1. The molecule has 1 aliphatic rings. The summed E-state index contributed by atoms with van der Waals surface area (Å²) in [4.78, 5) is 49.8. The van der Waals surface area contributed by atoms with Gasteiger partial charge in [0.25, 0.3) is 11.1 Å². The quantitative estimate of drug-likeness (QED) is 0.354. The van der Waals surface area contributed by atoms with Crippen LogP contribution in [0.15, 0.2) is 71.6 Å². The number of amides is 3. The fourth-order valence-electron chi connectivity index (χ4n) is 3.25. The number of anilines is 1. The standard InChI is InChI=1S/C24H18N2O5S/c1-15(27)31-18-11-9-16(10-12-18)13-21-23(29)26(24(30)32-21)14-22(28)25-20-8-4-6-17-5-2-3-7-19(17)20/h2-13H,14H2,1H3,(H,25,28)/b21-13+. The SMILES string of the molecule is CC(=O)Oc1ccc(/C=C2/SC(=O)N(CC(=O)Nc3cccc4ccccc34)C2=O)cc1. The lowest BCUT2D eigenvalue weighted by atomic mass is 10.1. The summed E-state index contributed by atoms with van der Waals surface area (Å²) in [7, 11) is 0. The average molecular weight is 446 g/mol. The molecular formula is C24H18N2O5S. The Hall–Kier alpha value is -3.91. The zero-order chi connectivity index (χ0) is 22.7. The highest BCUT2D eigenvalue weighted by atomic mass is 32.2. The summed E-state index contributed by atoms with van der Waals surface area (Å²) in [5.74, 6) is -1.04. The minimum atomic E-state index is -0.530. The first-order valence-corrected chi connectivity index (χ1v) is 10.5. The smallest absolute Gasteiger partial charge is 0.308 e. The van der Waals surface area contributed by atoms with E-state index in [1.807, 2.05) is 36.4 Å². The van der Waals surface area contributed by atoms with E-state index in [4.69, 9.17) is 4.74 Å². The molecule has 1 fully saturated rings. The van der Waals surface area contributed by atoms with Gasteiger partial charge in [-0.05, 0) is 47.0 Å². The fourth-order valence-corrected chi connectivity index (χ4v) is 4.09. The first-order chi connectivity index (χ1) is 15.4. The highest BCUT2D eigenvalue weighted by molar-refractivity contribution is 8.18. The molecule has 3 aromatic carbocycles. The number of thioether (sulfide) groups is 1. The minimum absolute atomic E-state index is 0.216. The molecule has 32 heavy (non-hydrogen) atoms. The molecule has 1 N–H and O–H groups in total. The predicted molar refractivity (Wildman–Crippen MR) is 123 cm³/mol. The molecule has 4 rings (SSSR count). The normalized spacial score (nSPS) is 14.8. The zero-order valence-electron chi connectivity index (χ0n) is 17.0. The van der Waals surface area contributed by atoms with Crippen LogP contribution in [-0.4, -0.2) is 34.5 Å². The van der Waals surface area contributed by atoms with Gasteiger partial charge in [0.05, 0.1) is 4.91 Å². The van der Waals surface area contributed by atoms with Crippen LogP contribution in [0.5, 0.6) is 5.75 Å². The third kappa shape index (κ3) is 4.70. The van der Waals surface area contributed by atoms with Gasteiger partial charge in [-0.2, -0.15) is 0 Å². The van der Waals surface area contributed by atoms with Crippen LogP contribution in [-0.2, 0) is 14.4 Å². The third-order valence-corrected chi connectivity index (χ3v) is 5.59. The number of nitrogens with zero attached hydrogens (tertiary/aromatic N) is 1. The van der Waals surface area contributed by atoms with Crippen LogP contribution >= 0.6 is 11.8 Å². The molecule has 1 saturated heterocycles. The van der Waals surface area contributed by atoms with Gasteiger partial charge in [-0.3, -0.25) is 24.1 Å². The number of benzene rings is 3. The topological polar surface area (TPSA) is 92.8 Å². The van der Waals surface area contributed by atoms with Crippen molar-refractivity contribution in [1.29, 1.82) is 0 Å². The van der Waals surface area contributed by atoms with Crippen LogP contribution in [0.1, 0.15) is 12.5 Å². The van der Waals surface area contributed by atoms with E-state index in [1.165, 1.54) is 6.92 Å². The van der Waals surface area contributed by atoms with Crippen molar-refractivity contribution in [3.63, 3.8) is 0 Å². The van der Waals surface area contributed by atoms with Crippen LogP contribution in [0, 0.1) is 0 Å². The van der Waals surface area contributed by atoms with Crippen LogP contribution in [0.2, 0.25) is 0 Å². The number of carbonyl (C=O) groups excluding carboxylic acids is 4. The van der Waals surface area contributed by atoms with Gasteiger partial charge >= 0.3 is 5.97 Å². The molecule has 0 radical (unpaired) electrons. The van der Waals surface area contributed by atoms with Gasteiger partial charge in [0.1, 0.15) is 12.3 Å². The molecule has 1 heterocycles. The summed E-state index contributed by atoms with van der Waals surface area (Å²) in [6.45, 7) is 0.928. The molecule has 160 valence electrons. The van der Waals surface area contributed by atoms with Crippen molar-refractivity contribution in [3.05, 3.63) is 77.2 Å². The van der Waals surface area contributed by atoms with E-state index < -0.39 is 23.0 Å². The second kappa shape index (κ2) is 9.07. The molecule has 0 aliphatic carbocycles. The molecule has 3 aromatic rings. The maximum Gasteiger partial charge on any atom is 0.308 e. The number of esters is 1. The lowest BCUT2D eigenvalue weighted by Gasteiger charge is -2.13. The van der Waals surface area contributed by atoms with Crippen LogP contribution < -0.4 is 10.1 Å². The van der Waals surface area contributed by atoms with Gasteiger partial charge in [-0.1, -0.05) is 48.5 Å². The van der Waals surface area contributed by atoms with Gasteiger partial charge in [0, 0.05) is 18.0 Å². The van der Waals surface area contributed by atoms with Crippen molar-refractivity contribution in [3.8, 4) is 5.75 Å². The first-order valence-electron chi connectivity index (χ1n) is 9.72. The number of ether oxygens (including phenoxy) is 1. The second-order valence-electron chi connectivity index (χ2n) is 7.01. The first kappa shape index (κ1) is 21.3. The molecule has 0 bridgehead atoms. The number of hydrogen-bond acceptors (Lipinski definition) is 6. The van der Waals surface area contributed by atoms with E-state index in [0.717, 1.165) is 27.4 Å². The lowest BCUT2D eigenvalue weighted by molar-refractivity contribution is -0.131. The van der Waals surface area contributed by atoms with Crippen LogP contribution in [0.25, 0.3) is 16.8 Å². The largest absolute Gasteiger partial charge is 0.427 e. The van der Waals surface area contributed by atoms with Crippen LogP contribution in [0.4, 0.5) is 10.5 Å². The monoisotopic (exact) mass is 446 g/mol. The minimum Gasteiger partial charge on any atom is -0.427 e. The highest BCUT2D eigenvalue weighted by Crippen LogP contribution is 2.32. The molecule has 3 amide bonds. The van der Waals surface area contributed by atoms with Crippen molar-refractivity contribution in [2.45, 2.75) is 6.92 Å². The average Bonchev–Trinajstić information content (AvgIpc) is 3.02. The predicted octanol–water partition coefficient (Wildman–Crippen LogP) is 4.44. The van der Waals surface area contributed by atoms with E-state index >= 15 is 0 Å². The molecule has 0 atom stereocenters. The number of carbonyl (C=O) groups is 4. The van der Waals surface area contributed by atoms with E-state index in [0.29, 0.717) is 17.0 Å². The molecule has 0 unspecified atom stereocenters. The Morgan fingerprint density at radius 1 is 1.00 bits per heavy atom. The number of nitrogens with one attached hydrogen (secondary N) is 1. The fraction of sp³-hybridized carbons (Fsp3) is 0.0833. The molecule has 7 nitrogen and oxygen atoms in total. The number of hydrogen-bond donors (Lipinski definition) is 1. The van der Waals surface area contributed by atoms with Crippen molar-refractivity contribution in [2.75, 3.05) is 11.9 Å². The third-order valence-electron chi connectivity index (χ3n) is 4.68. The van der Waals surface area contributed by atoms with Crippen molar-refractivity contribution in [2.24, 2.45) is 0 Å². The molecule has 0 aromatic heterocycles. The molecule has 8 heteroatoms. The van der Waals surface area contributed by atoms with Gasteiger partial charge in [-0.15, -0.1) is 0 Å². The maximum absolute atomic E-state index is 12.7. The van der Waals surface area contributed by atoms with E-state index in [-0.39, 0.29) is 11.4 Å². The Morgan fingerprint density at radius 3 is 2.47 bits per heavy atom. The lowest BCUT2D eigenvalue weighted by Crippen LogP contribution is -2.36. The summed E-state index contributed by atoms with van der Waals surface area (Å²) < 4.78 is 4.98. The Bertz CT molecular complexity index is 1260. The summed E-state index contributed by atoms with van der Waals surface area (Å²) in [6.07, 6.45) is 1.56. The van der Waals surface area contributed by atoms with Gasteiger partial charge in [0.15, 0.2) is 0 Å². The Kier molecular flexibility index (Phi) is 6.04. The molecule has 0 saturated carbocycles. The zero-order valence-corrected chi connectivity index (χ0v) is 17.8. The second-order valence-corrected chi connectivity index (χ2v) is 8.00. The summed E-state index contributed by atoms with van der Waals surface area (Å²) >= 11 is 0.775. The maximum atomic E-state index is 12.7. The van der Waals surface area contributed by atoms with E-state index in [1.54, 1.807) is 36.4 Å². The van der Waals surface area contributed by atoms with Crippen molar-refractivity contribution in [1.82, 2.24) is 4.90 Å². The van der Waals surface area contributed by atoms with Crippen LogP contribution in [0.3, 0.4) is 0 Å². The number of fused-ring (bicyclic) bond motifs is 1.